The van der Waals surface area contributed by atoms with Gasteiger partial charge < -0.3 is 65.1 Å². The molecule has 0 aromatic rings. The highest BCUT2D eigenvalue weighted by Gasteiger charge is 2.51. The van der Waals surface area contributed by atoms with Gasteiger partial charge in [-0.2, -0.15) is 0 Å². The molecule has 12 unspecified atom stereocenters. The molecule has 0 radical (unpaired) electrons. The molecule has 0 aromatic heterocycles. The van der Waals surface area contributed by atoms with Crippen LogP contribution in [0.3, 0.4) is 0 Å². The lowest BCUT2D eigenvalue weighted by Gasteiger charge is -2.46. The molecule has 1 amide bonds. The van der Waals surface area contributed by atoms with Crippen LogP contribution in [0.5, 0.6) is 0 Å². The van der Waals surface area contributed by atoms with Crippen molar-refractivity contribution in [2.45, 2.75) is 229 Å². The number of unbranched alkanes of at least 4 members (excludes halogenated alkanes) is 17. The summed E-state index contributed by atoms with van der Waals surface area (Å²) in [4.78, 5) is 13.0. The molecule has 14 heteroatoms. The van der Waals surface area contributed by atoms with Gasteiger partial charge in [0.15, 0.2) is 12.6 Å². The second-order valence-corrected chi connectivity index (χ2v) is 15.8. The van der Waals surface area contributed by atoms with Crippen LogP contribution in [-0.2, 0) is 23.7 Å². The van der Waals surface area contributed by atoms with E-state index in [1.165, 1.54) is 57.8 Å². The summed E-state index contributed by atoms with van der Waals surface area (Å²) in [5, 5.41) is 86.2. The van der Waals surface area contributed by atoms with E-state index in [4.69, 9.17) is 18.9 Å². The monoisotopic (exact) mass is 806 g/mol. The summed E-state index contributed by atoms with van der Waals surface area (Å²) in [7, 11) is 0. The second-order valence-electron chi connectivity index (χ2n) is 15.8. The van der Waals surface area contributed by atoms with Crippen LogP contribution in [0.15, 0.2) is 12.2 Å². The van der Waals surface area contributed by atoms with Crippen molar-refractivity contribution in [1.29, 1.82) is 0 Å². The minimum Gasteiger partial charge on any atom is -0.394 e. The Kier molecular flexibility index (Phi) is 27.9. The molecule has 2 aliphatic heterocycles. The number of aliphatic hydroxyl groups excluding tert-OH is 8. The van der Waals surface area contributed by atoms with E-state index in [1.807, 2.05) is 0 Å². The Morgan fingerprint density at radius 1 is 0.625 bits per heavy atom. The van der Waals surface area contributed by atoms with Crippen LogP contribution >= 0.6 is 0 Å². The number of nitrogens with one attached hydrogen (secondary N) is 1. The number of carbonyl (C=O) groups excluding carboxylic acids is 1. The van der Waals surface area contributed by atoms with E-state index < -0.39 is 86.8 Å². The third-order valence-electron chi connectivity index (χ3n) is 11.0. The molecule has 2 fully saturated rings. The van der Waals surface area contributed by atoms with Crippen molar-refractivity contribution >= 4 is 5.91 Å². The van der Waals surface area contributed by atoms with Crippen molar-refractivity contribution < 1.29 is 64.6 Å². The SMILES string of the molecule is CCCCCCCC/C=C\CCCCCCCC(=O)NC(COC1OC(CO)C(OC2OC(CO)C(O)C(O)C2O)C(O)C1O)C(O)CCCCCCCCC. The van der Waals surface area contributed by atoms with E-state index in [0.717, 1.165) is 64.2 Å². The molecule has 12 atom stereocenters. The van der Waals surface area contributed by atoms with Gasteiger partial charge in [0.25, 0.3) is 0 Å². The van der Waals surface area contributed by atoms with E-state index in [2.05, 4.69) is 31.3 Å². The first-order valence-electron chi connectivity index (χ1n) is 21.9. The van der Waals surface area contributed by atoms with Crippen LogP contribution in [0.2, 0.25) is 0 Å². The lowest BCUT2D eigenvalue weighted by Crippen LogP contribution is -2.65. The minimum absolute atomic E-state index is 0.221. The maximum absolute atomic E-state index is 13.0. The van der Waals surface area contributed by atoms with E-state index >= 15 is 0 Å². The van der Waals surface area contributed by atoms with E-state index in [0.29, 0.717) is 19.3 Å². The summed E-state index contributed by atoms with van der Waals surface area (Å²) in [6.45, 7) is 2.75. The maximum Gasteiger partial charge on any atom is 0.220 e. The van der Waals surface area contributed by atoms with Gasteiger partial charge in [0.1, 0.15) is 48.8 Å². The fraction of sp³-hybridized carbons (Fsp3) is 0.929. The lowest BCUT2D eigenvalue weighted by molar-refractivity contribution is -0.359. The summed E-state index contributed by atoms with van der Waals surface area (Å²) in [6, 6.07) is -0.825. The maximum atomic E-state index is 13.0. The molecule has 2 saturated heterocycles. The highest BCUT2D eigenvalue weighted by atomic mass is 16.7. The predicted octanol–water partition coefficient (Wildman–Crippen LogP) is 3.65. The number of amides is 1. The lowest BCUT2D eigenvalue weighted by atomic mass is 9.97. The van der Waals surface area contributed by atoms with Crippen molar-refractivity contribution in [3.05, 3.63) is 12.2 Å². The standard InChI is InChI=1S/C42H79NO13/c1-3-5-7-9-11-12-13-14-15-16-17-18-20-22-24-26-34(47)43-30(31(46)25-23-21-19-10-8-6-4-2)29-53-41-39(52)37(50)40(33(28-45)55-41)56-42-38(51)36(49)35(48)32(27-44)54-42/h14-15,30-33,35-42,44-46,48-52H,3-13,16-29H2,1-2H3,(H,43,47)/b15-14-. The average Bonchev–Trinajstić information content (AvgIpc) is 3.19. The Bertz CT molecular complexity index is 1000. The van der Waals surface area contributed by atoms with Crippen molar-refractivity contribution in [3.8, 4) is 0 Å². The molecule has 330 valence electrons. The molecule has 0 spiro atoms. The molecule has 2 aliphatic rings. The summed E-state index contributed by atoms with van der Waals surface area (Å²) in [5.41, 5.74) is 0. The Morgan fingerprint density at radius 3 is 1.70 bits per heavy atom. The number of aliphatic hydroxyl groups is 8. The van der Waals surface area contributed by atoms with Gasteiger partial charge in [-0.3, -0.25) is 4.79 Å². The topological polar surface area (TPSA) is 228 Å². The summed E-state index contributed by atoms with van der Waals surface area (Å²) in [5.74, 6) is -0.221. The zero-order valence-corrected chi connectivity index (χ0v) is 34.4. The van der Waals surface area contributed by atoms with Gasteiger partial charge in [-0.15, -0.1) is 0 Å². The molecule has 0 aromatic carbocycles. The summed E-state index contributed by atoms with van der Waals surface area (Å²) >= 11 is 0. The summed E-state index contributed by atoms with van der Waals surface area (Å²) in [6.07, 6.45) is 11.1. The van der Waals surface area contributed by atoms with Crippen LogP contribution < -0.4 is 5.32 Å². The zero-order chi connectivity index (χ0) is 41.1. The Labute approximate surface area is 336 Å². The van der Waals surface area contributed by atoms with E-state index in [1.54, 1.807) is 0 Å². The van der Waals surface area contributed by atoms with Crippen molar-refractivity contribution in [3.63, 3.8) is 0 Å². The van der Waals surface area contributed by atoms with Crippen LogP contribution in [0.4, 0.5) is 0 Å². The Hall–Kier alpha value is -1.27. The van der Waals surface area contributed by atoms with Crippen LogP contribution in [0.1, 0.15) is 155 Å². The van der Waals surface area contributed by atoms with Gasteiger partial charge in [0.05, 0.1) is 32.0 Å². The summed E-state index contributed by atoms with van der Waals surface area (Å²) < 4.78 is 22.6. The normalized spacial score (nSPS) is 29.5. The average molecular weight is 806 g/mol. The van der Waals surface area contributed by atoms with Gasteiger partial charge in [0.2, 0.25) is 5.91 Å². The Balaban J connectivity index is 1.86. The van der Waals surface area contributed by atoms with Gasteiger partial charge in [-0.05, 0) is 38.5 Å². The molecule has 2 heterocycles. The molecule has 2 rings (SSSR count). The van der Waals surface area contributed by atoms with Crippen LogP contribution in [0, 0.1) is 0 Å². The third-order valence-corrected chi connectivity index (χ3v) is 11.0. The van der Waals surface area contributed by atoms with Gasteiger partial charge in [-0.25, -0.2) is 0 Å². The first kappa shape index (κ1) is 50.9. The molecule has 9 N–H and O–H groups in total. The minimum atomic E-state index is -1.78. The van der Waals surface area contributed by atoms with E-state index in [-0.39, 0.29) is 12.5 Å². The van der Waals surface area contributed by atoms with Crippen molar-refractivity contribution in [2.24, 2.45) is 0 Å². The van der Waals surface area contributed by atoms with Crippen molar-refractivity contribution in [1.82, 2.24) is 5.32 Å². The zero-order valence-electron chi connectivity index (χ0n) is 34.4. The largest absolute Gasteiger partial charge is 0.394 e. The molecule has 14 nitrogen and oxygen atoms in total. The molecule has 0 bridgehead atoms. The molecule has 0 saturated carbocycles. The molecular weight excluding hydrogens is 726 g/mol. The number of rotatable bonds is 32. The number of ether oxygens (including phenoxy) is 4. The fourth-order valence-corrected chi connectivity index (χ4v) is 7.29. The molecular formula is C42H79NO13. The second kappa shape index (κ2) is 30.7. The van der Waals surface area contributed by atoms with Gasteiger partial charge in [-0.1, -0.05) is 122 Å². The molecule has 0 aliphatic carbocycles. The smallest absolute Gasteiger partial charge is 0.220 e. The highest BCUT2D eigenvalue weighted by Crippen LogP contribution is 2.30. The van der Waals surface area contributed by atoms with Gasteiger partial charge in [0, 0.05) is 6.42 Å². The Morgan fingerprint density at radius 2 is 1.12 bits per heavy atom. The third kappa shape index (κ3) is 19.2. The van der Waals surface area contributed by atoms with Crippen LogP contribution in [0.25, 0.3) is 0 Å². The van der Waals surface area contributed by atoms with Gasteiger partial charge >= 0.3 is 0 Å². The fourth-order valence-electron chi connectivity index (χ4n) is 7.29. The van der Waals surface area contributed by atoms with Crippen molar-refractivity contribution in [2.75, 3.05) is 19.8 Å². The van der Waals surface area contributed by atoms with E-state index in [9.17, 15) is 45.6 Å². The highest BCUT2D eigenvalue weighted by molar-refractivity contribution is 5.76. The van der Waals surface area contributed by atoms with Crippen LogP contribution in [-0.4, -0.2) is 140 Å². The number of allylic oxidation sites excluding steroid dienone is 2. The number of hydrogen-bond acceptors (Lipinski definition) is 13. The quantitative estimate of drug-likeness (QED) is 0.0350. The predicted molar refractivity (Wildman–Crippen MR) is 212 cm³/mol. The first-order valence-corrected chi connectivity index (χ1v) is 21.9. The number of hydrogen-bond donors (Lipinski definition) is 9. The number of carbonyl (C=O) groups is 1. The first-order chi connectivity index (χ1) is 27.1. The molecule has 56 heavy (non-hydrogen) atoms.